The summed E-state index contributed by atoms with van der Waals surface area (Å²) in [5, 5.41) is 6.97. The van der Waals surface area contributed by atoms with E-state index in [0.29, 0.717) is 27.0 Å². The zero-order valence-electron chi connectivity index (χ0n) is 16.9. The van der Waals surface area contributed by atoms with Crippen molar-refractivity contribution in [1.29, 1.82) is 0 Å². The Morgan fingerprint density at radius 3 is 2.26 bits per heavy atom. The maximum atomic E-state index is 12.8. The van der Waals surface area contributed by atoms with E-state index >= 15 is 0 Å². The van der Waals surface area contributed by atoms with Gasteiger partial charge >= 0.3 is 0 Å². The van der Waals surface area contributed by atoms with Crippen molar-refractivity contribution in [1.82, 2.24) is 5.32 Å². The molecule has 160 valence electrons. The highest BCUT2D eigenvalue weighted by Gasteiger charge is 2.16. The summed E-state index contributed by atoms with van der Waals surface area (Å²) in [4.78, 5) is 25.3. The van der Waals surface area contributed by atoms with E-state index in [-0.39, 0.29) is 23.6 Å². The molecule has 0 aliphatic heterocycles. The van der Waals surface area contributed by atoms with Crippen molar-refractivity contribution in [3.05, 3.63) is 99.5 Å². The maximum absolute atomic E-state index is 12.8. The van der Waals surface area contributed by atoms with Crippen LogP contribution >= 0.6 is 35.0 Å². The Labute approximate surface area is 196 Å². The standard InChI is InChI=1S/C24H22Cl2N2O2S/c1-16(17-8-3-2-4-9-17)27-24(30)18-10-5-6-13-22(18)28-23(29)15-31-14-19-20(25)11-7-12-21(19)26/h2-13,16H,14-15H2,1H3,(H,27,30)(H,28,29)/t16-/m0/s1. The van der Waals surface area contributed by atoms with Gasteiger partial charge in [-0.15, -0.1) is 11.8 Å². The lowest BCUT2D eigenvalue weighted by Crippen LogP contribution is -2.28. The van der Waals surface area contributed by atoms with E-state index in [0.717, 1.165) is 11.1 Å². The first kappa shape index (κ1) is 23.2. The molecule has 2 N–H and O–H groups in total. The fourth-order valence-corrected chi connectivity index (χ4v) is 4.56. The summed E-state index contributed by atoms with van der Waals surface area (Å²) >= 11 is 13.7. The second-order valence-corrected chi connectivity index (χ2v) is 8.69. The molecule has 0 aromatic heterocycles. The summed E-state index contributed by atoms with van der Waals surface area (Å²) in [6.07, 6.45) is 0. The van der Waals surface area contributed by atoms with E-state index < -0.39 is 0 Å². The molecule has 0 saturated heterocycles. The highest BCUT2D eigenvalue weighted by Crippen LogP contribution is 2.28. The fraction of sp³-hybridized carbons (Fsp3) is 0.167. The van der Waals surface area contributed by atoms with Gasteiger partial charge in [-0.25, -0.2) is 0 Å². The Balaban J connectivity index is 1.59. The van der Waals surface area contributed by atoms with Crippen LogP contribution in [0.15, 0.2) is 72.8 Å². The highest BCUT2D eigenvalue weighted by atomic mass is 35.5. The lowest BCUT2D eigenvalue weighted by atomic mass is 10.1. The van der Waals surface area contributed by atoms with E-state index in [1.165, 1.54) is 11.8 Å². The average Bonchev–Trinajstić information content (AvgIpc) is 2.76. The average molecular weight is 473 g/mol. The molecule has 3 rings (SSSR count). The molecule has 3 aromatic rings. The minimum atomic E-state index is -0.247. The van der Waals surface area contributed by atoms with Gasteiger partial charge in [-0.1, -0.05) is 71.7 Å². The van der Waals surface area contributed by atoms with E-state index in [1.54, 1.807) is 42.5 Å². The van der Waals surface area contributed by atoms with Crippen LogP contribution in [0.5, 0.6) is 0 Å². The van der Waals surface area contributed by atoms with Crippen LogP contribution < -0.4 is 10.6 Å². The van der Waals surface area contributed by atoms with Gasteiger partial charge in [0.1, 0.15) is 0 Å². The predicted octanol–water partition coefficient (Wildman–Crippen LogP) is 6.36. The third-order valence-corrected chi connectivity index (χ3v) is 6.30. The van der Waals surface area contributed by atoms with Gasteiger partial charge in [-0.05, 0) is 42.3 Å². The summed E-state index contributed by atoms with van der Waals surface area (Å²) in [6.45, 7) is 1.92. The Kier molecular flexibility index (Phi) is 8.41. The van der Waals surface area contributed by atoms with Gasteiger partial charge in [0, 0.05) is 15.8 Å². The van der Waals surface area contributed by atoms with Crippen molar-refractivity contribution in [2.24, 2.45) is 0 Å². The molecule has 0 radical (unpaired) electrons. The number of nitrogens with one attached hydrogen (secondary N) is 2. The normalized spacial score (nSPS) is 11.6. The molecule has 0 saturated carbocycles. The van der Waals surface area contributed by atoms with E-state index in [4.69, 9.17) is 23.2 Å². The fourth-order valence-electron chi connectivity index (χ4n) is 2.99. The first-order valence-corrected chi connectivity index (χ1v) is 11.6. The van der Waals surface area contributed by atoms with Crippen molar-refractivity contribution < 1.29 is 9.59 Å². The first-order chi connectivity index (χ1) is 15.0. The molecule has 0 unspecified atom stereocenters. The van der Waals surface area contributed by atoms with Crippen LogP contribution in [0, 0.1) is 0 Å². The molecule has 3 aromatic carbocycles. The van der Waals surface area contributed by atoms with Crippen molar-refractivity contribution in [3.8, 4) is 0 Å². The van der Waals surface area contributed by atoms with Crippen LogP contribution in [0.2, 0.25) is 10.0 Å². The van der Waals surface area contributed by atoms with Crippen LogP contribution in [0.4, 0.5) is 5.69 Å². The lowest BCUT2D eigenvalue weighted by molar-refractivity contribution is -0.113. The molecule has 4 nitrogen and oxygen atoms in total. The molecule has 7 heteroatoms. The highest BCUT2D eigenvalue weighted by molar-refractivity contribution is 7.99. The van der Waals surface area contributed by atoms with Crippen LogP contribution in [0.1, 0.15) is 34.5 Å². The first-order valence-electron chi connectivity index (χ1n) is 9.71. The minimum Gasteiger partial charge on any atom is -0.345 e. The molecule has 0 aliphatic carbocycles. The van der Waals surface area contributed by atoms with Crippen LogP contribution in [-0.4, -0.2) is 17.6 Å². The van der Waals surface area contributed by atoms with Crippen molar-refractivity contribution in [3.63, 3.8) is 0 Å². The summed E-state index contributed by atoms with van der Waals surface area (Å²) in [7, 11) is 0. The quantitative estimate of drug-likeness (QED) is 0.401. The van der Waals surface area contributed by atoms with Gasteiger partial charge in [0.2, 0.25) is 5.91 Å². The molecule has 0 spiro atoms. The lowest BCUT2D eigenvalue weighted by Gasteiger charge is -2.16. The third-order valence-electron chi connectivity index (χ3n) is 4.63. The molecule has 0 fully saturated rings. The third kappa shape index (κ3) is 6.50. The molecule has 0 bridgehead atoms. The van der Waals surface area contributed by atoms with Gasteiger partial charge in [-0.3, -0.25) is 9.59 Å². The molecular formula is C24H22Cl2N2O2S. The van der Waals surface area contributed by atoms with Crippen LogP contribution in [0.3, 0.4) is 0 Å². The largest absolute Gasteiger partial charge is 0.345 e. The molecule has 0 heterocycles. The predicted molar refractivity (Wildman–Crippen MR) is 130 cm³/mol. The second kappa shape index (κ2) is 11.2. The van der Waals surface area contributed by atoms with Crippen LogP contribution in [0.25, 0.3) is 0 Å². The summed E-state index contributed by atoms with van der Waals surface area (Å²) in [5.74, 6) is 0.271. The van der Waals surface area contributed by atoms with Gasteiger partial charge < -0.3 is 10.6 Å². The van der Waals surface area contributed by atoms with E-state index in [2.05, 4.69) is 10.6 Å². The number of benzene rings is 3. The monoisotopic (exact) mass is 472 g/mol. The van der Waals surface area contributed by atoms with Gasteiger partial charge in [0.05, 0.1) is 23.0 Å². The Morgan fingerprint density at radius 2 is 1.55 bits per heavy atom. The van der Waals surface area contributed by atoms with Gasteiger partial charge in [0.25, 0.3) is 5.91 Å². The number of carbonyl (C=O) groups excluding carboxylic acids is 2. The summed E-state index contributed by atoms with van der Waals surface area (Å²) in [6, 6.07) is 21.8. The Bertz CT molecular complexity index is 1040. The molecule has 31 heavy (non-hydrogen) atoms. The number of hydrogen-bond donors (Lipinski definition) is 2. The number of carbonyl (C=O) groups is 2. The Hall–Kier alpha value is -2.47. The molecule has 1 atom stereocenters. The molecule has 0 aliphatic rings. The maximum Gasteiger partial charge on any atom is 0.253 e. The number of halogens is 2. The second-order valence-electron chi connectivity index (χ2n) is 6.89. The molecule has 2 amide bonds. The Morgan fingerprint density at radius 1 is 0.903 bits per heavy atom. The number of amides is 2. The van der Waals surface area contributed by atoms with E-state index in [9.17, 15) is 9.59 Å². The van der Waals surface area contributed by atoms with Crippen LogP contribution in [-0.2, 0) is 10.5 Å². The summed E-state index contributed by atoms with van der Waals surface area (Å²) in [5.41, 5.74) is 2.70. The smallest absolute Gasteiger partial charge is 0.253 e. The topological polar surface area (TPSA) is 58.2 Å². The van der Waals surface area contributed by atoms with Crippen molar-refractivity contribution in [2.45, 2.75) is 18.7 Å². The number of hydrogen-bond acceptors (Lipinski definition) is 3. The number of anilines is 1. The number of thioether (sulfide) groups is 1. The van der Waals surface area contributed by atoms with Gasteiger partial charge in [-0.2, -0.15) is 0 Å². The van der Waals surface area contributed by atoms with Crippen molar-refractivity contribution in [2.75, 3.05) is 11.1 Å². The van der Waals surface area contributed by atoms with E-state index in [1.807, 2.05) is 37.3 Å². The van der Waals surface area contributed by atoms with Gasteiger partial charge in [0.15, 0.2) is 0 Å². The zero-order valence-corrected chi connectivity index (χ0v) is 19.2. The zero-order chi connectivity index (χ0) is 22.2. The number of para-hydroxylation sites is 1. The van der Waals surface area contributed by atoms with Crippen molar-refractivity contribution >= 4 is 52.5 Å². The minimum absolute atomic E-state index is 0.159. The summed E-state index contributed by atoms with van der Waals surface area (Å²) < 4.78 is 0. The number of rotatable bonds is 8. The molecular weight excluding hydrogens is 451 g/mol. The SMILES string of the molecule is C[C@H](NC(=O)c1ccccc1NC(=O)CSCc1c(Cl)cccc1Cl)c1ccccc1.